The Labute approximate surface area is 217 Å². The van der Waals surface area contributed by atoms with Crippen LogP contribution in [0.25, 0.3) is 0 Å². The summed E-state index contributed by atoms with van der Waals surface area (Å²) in [6.07, 6.45) is 1.47. The van der Waals surface area contributed by atoms with Crippen molar-refractivity contribution < 1.29 is 23.6 Å². The topological polar surface area (TPSA) is 140 Å². The van der Waals surface area contributed by atoms with E-state index < -0.39 is 29.0 Å². The Morgan fingerprint density at radius 2 is 1.97 bits per heavy atom. The maximum absolute atomic E-state index is 12.9. The van der Waals surface area contributed by atoms with Gasteiger partial charge >= 0.3 is 12.2 Å². The molecule has 1 aromatic heterocycles. The lowest BCUT2D eigenvalue weighted by Gasteiger charge is -2.41. The molecule has 2 aromatic rings. The monoisotopic (exact) mass is 524 g/mol. The quantitative estimate of drug-likeness (QED) is 0.584. The van der Waals surface area contributed by atoms with E-state index in [1.165, 1.54) is 11.2 Å². The lowest BCUT2D eigenvalue weighted by atomic mass is 9.87. The summed E-state index contributed by atoms with van der Waals surface area (Å²) < 4.78 is 17.9. The molecule has 2 fully saturated rings. The van der Waals surface area contributed by atoms with Gasteiger partial charge in [-0.05, 0) is 24.3 Å². The molecule has 0 saturated carbocycles. The second-order valence-electron chi connectivity index (χ2n) is 9.60. The molecule has 1 N–H and O–H groups in total. The number of nitriles is 1. The minimum absolute atomic E-state index is 0.120. The second kappa shape index (κ2) is 10.3. The van der Waals surface area contributed by atoms with Crippen molar-refractivity contribution in [3.63, 3.8) is 0 Å². The van der Waals surface area contributed by atoms with Crippen LogP contribution in [0.15, 0.2) is 35.5 Å². The fourth-order valence-electron chi connectivity index (χ4n) is 5.53. The molecule has 2 bridgehead atoms. The average molecular weight is 525 g/mol. The Bertz CT molecular complexity index is 1270. The molecular formula is C25H28N6O5S. The maximum Gasteiger partial charge on any atom is 0.410 e. The zero-order valence-corrected chi connectivity index (χ0v) is 21.3. The normalized spacial score (nSPS) is 23.2. The van der Waals surface area contributed by atoms with Gasteiger partial charge in [-0.2, -0.15) is 5.26 Å². The molecule has 5 rings (SSSR count). The van der Waals surface area contributed by atoms with Crippen molar-refractivity contribution >= 4 is 28.8 Å². The van der Waals surface area contributed by atoms with Crippen molar-refractivity contribution in [2.24, 2.45) is 5.92 Å². The first-order chi connectivity index (χ1) is 17.9. The summed E-state index contributed by atoms with van der Waals surface area (Å²) >= 11 is 0. The molecule has 3 heterocycles. The molecule has 12 heteroatoms. The number of rotatable bonds is 5. The Hall–Kier alpha value is -3.72. The Morgan fingerprint density at radius 3 is 2.68 bits per heavy atom. The van der Waals surface area contributed by atoms with Gasteiger partial charge in [-0.3, -0.25) is 9.11 Å². The van der Waals surface area contributed by atoms with Gasteiger partial charge in [-0.15, -0.1) is 0 Å². The highest BCUT2D eigenvalue weighted by molar-refractivity contribution is 7.84. The van der Waals surface area contributed by atoms with E-state index in [0.29, 0.717) is 50.5 Å². The molecule has 1 aliphatic carbocycles. The van der Waals surface area contributed by atoms with Gasteiger partial charge in [0, 0.05) is 38.0 Å². The van der Waals surface area contributed by atoms with Crippen LogP contribution in [-0.4, -0.2) is 79.7 Å². The van der Waals surface area contributed by atoms with E-state index in [0.717, 1.165) is 11.1 Å². The van der Waals surface area contributed by atoms with Crippen LogP contribution in [0.1, 0.15) is 35.7 Å². The summed E-state index contributed by atoms with van der Waals surface area (Å²) in [5, 5.41) is 19.3. The third-order valence-corrected chi connectivity index (χ3v) is 7.94. The van der Waals surface area contributed by atoms with Crippen molar-refractivity contribution in [2.45, 2.75) is 43.1 Å². The van der Waals surface area contributed by atoms with Gasteiger partial charge in [0.2, 0.25) is 5.16 Å². The number of ether oxygens (including phenoxy) is 1. The number of hydrogen-bond acceptors (Lipinski definition) is 8. The smallest absolute Gasteiger partial charge is 0.410 e. The van der Waals surface area contributed by atoms with Crippen LogP contribution >= 0.6 is 0 Å². The molecule has 0 radical (unpaired) electrons. The number of fused-ring (bicyclic) bond motifs is 4. The minimum atomic E-state index is -1.47. The highest BCUT2D eigenvalue weighted by Gasteiger charge is 2.45. The van der Waals surface area contributed by atoms with E-state index in [1.54, 1.807) is 4.90 Å². The molecule has 194 valence electrons. The van der Waals surface area contributed by atoms with E-state index >= 15 is 0 Å². The van der Waals surface area contributed by atoms with E-state index in [-0.39, 0.29) is 30.1 Å². The zero-order valence-electron chi connectivity index (χ0n) is 20.4. The third kappa shape index (κ3) is 4.96. The van der Waals surface area contributed by atoms with Crippen LogP contribution in [0.5, 0.6) is 0 Å². The number of carbonyl (C=O) groups is 2. The second-order valence-corrected chi connectivity index (χ2v) is 10.9. The molecule has 2 amide bonds. The van der Waals surface area contributed by atoms with E-state index in [9.17, 15) is 24.2 Å². The molecule has 4 atom stereocenters. The summed E-state index contributed by atoms with van der Waals surface area (Å²) in [6, 6.07) is 10.8. The molecule has 37 heavy (non-hydrogen) atoms. The molecule has 2 saturated heterocycles. The number of nitrogens with zero attached hydrogens (tertiary/aromatic N) is 6. The van der Waals surface area contributed by atoms with Gasteiger partial charge in [0.1, 0.15) is 12.4 Å². The predicted octanol–water partition coefficient (Wildman–Crippen LogP) is 2.55. The molecule has 0 spiro atoms. The number of anilines is 1. The Balaban J connectivity index is 1.40. The first-order valence-electron chi connectivity index (χ1n) is 12.2. The number of aromatic nitrogens is 2. The molecule has 11 nitrogen and oxygen atoms in total. The number of hydrogen-bond donors (Lipinski definition) is 1. The van der Waals surface area contributed by atoms with Crippen molar-refractivity contribution in [3.8, 4) is 6.07 Å². The van der Waals surface area contributed by atoms with Crippen LogP contribution in [0.2, 0.25) is 0 Å². The van der Waals surface area contributed by atoms with Gasteiger partial charge in [-0.25, -0.2) is 19.6 Å². The first kappa shape index (κ1) is 25.0. The highest BCUT2D eigenvalue weighted by Crippen LogP contribution is 2.45. The predicted molar refractivity (Wildman–Crippen MR) is 133 cm³/mol. The lowest BCUT2D eigenvalue weighted by molar-refractivity contribution is 0.0767. The summed E-state index contributed by atoms with van der Waals surface area (Å²) in [6.45, 7) is 1.70. The number of likely N-dealkylation sites (tertiary alicyclic amines) is 1. The largest absolute Gasteiger partial charge is 0.465 e. The minimum Gasteiger partial charge on any atom is -0.465 e. The first-order valence-corrected chi connectivity index (χ1v) is 13.7. The summed E-state index contributed by atoms with van der Waals surface area (Å²) in [5.41, 5.74) is 2.37. The van der Waals surface area contributed by atoms with E-state index in [4.69, 9.17) is 4.74 Å². The van der Waals surface area contributed by atoms with Crippen LogP contribution in [0, 0.1) is 17.2 Å². The molecular weight excluding hydrogens is 496 g/mol. The van der Waals surface area contributed by atoms with E-state index in [1.807, 2.05) is 35.2 Å². The number of carbonyl (C=O) groups excluding carboxylic acids is 1. The number of piperazine rings is 1. The number of carboxylic acid groups (broad SMARTS) is 1. The van der Waals surface area contributed by atoms with Crippen molar-refractivity contribution in [3.05, 3.63) is 47.2 Å². The fourth-order valence-corrected chi connectivity index (χ4v) is 5.97. The van der Waals surface area contributed by atoms with Gasteiger partial charge in [0.15, 0.2) is 0 Å². The molecule has 2 aliphatic heterocycles. The molecule has 3 aliphatic rings. The summed E-state index contributed by atoms with van der Waals surface area (Å²) in [4.78, 5) is 39.0. The number of benzene rings is 1. The van der Waals surface area contributed by atoms with Gasteiger partial charge in [-0.1, -0.05) is 30.3 Å². The van der Waals surface area contributed by atoms with Gasteiger partial charge in [0.25, 0.3) is 0 Å². The van der Waals surface area contributed by atoms with Crippen LogP contribution in [0.4, 0.5) is 15.4 Å². The Kier molecular flexibility index (Phi) is 6.97. The highest BCUT2D eigenvalue weighted by atomic mass is 32.2. The van der Waals surface area contributed by atoms with Crippen LogP contribution in [0.3, 0.4) is 0 Å². The summed E-state index contributed by atoms with van der Waals surface area (Å²) in [7, 11) is -1.47. The SMILES string of the molecule is CS(=O)c1nc2c(c(N3CCN(C(=O)OCc4ccccc4)[C@@H](CC#N)C3)n1)C[C@H]1C[C@@H]2N(C(=O)O)C1. The zero-order chi connectivity index (χ0) is 26.1. The fraction of sp³-hybridized carbons (Fsp3) is 0.480. The van der Waals surface area contributed by atoms with E-state index in [2.05, 4.69) is 16.0 Å². The maximum atomic E-state index is 12.9. The van der Waals surface area contributed by atoms with Gasteiger partial charge < -0.3 is 19.6 Å². The lowest BCUT2D eigenvalue weighted by Crippen LogP contribution is -2.55. The number of amides is 2. The van der Waals surface area contributed by atoms with Crippen LogP contribution < -0.4 is 4.90 Å². The van der Waals surface area contributed by atoms with Crippen LogP contribution in [-0.2, 0) is 28.6 Å². The standard InChI is InChI=1S/C25H28N6O5S/c1-37(35)23-27-21-19(11-17-12-20(21)31(13-17)24(32)33)22(28-23)29-9-10-30(18(14-29)7-8-26)25(34)36-15-16-5-3-2-4-6-16/h2-6,17-18,20H,7,9-15H2,1H3,(H,32,33)/t17-,18-,20-,37?/m0/s1. The third-order valence-electron chi connectivity index (χ3n) is 7.24. The molecule has 1 aromatic carbocycles. The van der Waals surface area contributed by atoms with Crippen molar-refractivity contribution in [1.29, 1.82) is 5.26 Å². The Morgan fingerprint density at radius 1 is 1.19 bits per heavy atom. The summed E-state index contributed by atoms with van der Waals surface area (Å²) in [5.74, 6) is 0.787. The van der Waals surface area contributed by atoms with Crippen molar-refractivity contribution in [2.75, 3.05) is 37.3 Å². The van der Waals surface area contributed by atoms with Gasteiger partial charge in [0.05, 0.1) is 41.1 Å². The average Bonchev–Trinajstić information content (AvgIpc) is 3.25. The molecule has 1 unspecified atom stereocenters. The van der Waals surface area contributed by atoms with Crippen molar-refractivity contribution in [1.82, 2.24) is 19.8 Å².